The first kappa shape index (κ1) is 16.4. The number of anilines is 1. The van der Waals surface area contributed by atoms with Crippen LogP contribution in [0.5, 0.6) is 5.75 Å². The molecule has 0 spiro atoms. The maximum Gasteiger partial charge on any atom is 0.234 e. The minimum Gasteiger partial charge on any atom is -0.494 e. The van der Waals surface area contributed by atoms with Gasteiger partial charge >= 0.3 is 0 Å². The lowest BCUT2D eigenvalue weighted by Crippen LogP contribution is -2.14. The van der Waals surface area contributed by atoms with E-state index >= 15 is 0 Å². The summed E-state index contributed by atoms with van der Waals surface area (Å²) in [5, 5.41) is 11.5. The zero-order valence-electron chi connectivity index (χ0n) is 12.9. The van der Waals surface area contributed by atoms with Gasteiger partial charge in [-0.3, -0.25) is 4.79 Å². The van der Waals surface area contributed by atoms with E-state index < -0.39 is 0 Å². The van der Waals surface area contributed by atoms with E-state index in [1.165, 1.54) is 11.8 Å². The van der Waals surface area contributed by atoms with Crippen LogP contribution in [0.25, 0.3) is 0 Å². The zero-order chi connectivity index (χ0) is 15.9. The Morgan fingerprint density at radius 1 is 1.36 bits per heavy atom. The van der Waals surface area contributed by atoms with Crippen LogP contribution >= 0.6 is 11.8 Å². The van der Waals surface area contributed by atoms with E-state index in [4.69, 9.17) is 4.74 Å². The van der Waals surface area contributed by atoms with Crippen molar-refractivity contribution in [2.75, 3.05) is 17.7 Å². The van der Waals surface area contributed by atoms with Crippen LogP contribution in [-0.2, 0) is 4.79 Å². The molecule has 0 unspecified atom stereocenters. The fourth-order valence-corrected chi connectivity index (χ4v) is 2.66. The number of rotatable bonds is 7. The Labute approximate surface area is 134 Å². The first-order valence-corrected chi connectivity index (χ1v) is 8.13. The summed E-state index contributed by atoms with van der Waals surface area (Å²) in [6.45, 7) is 6.66. The van der Waals surface area contributed by atoms with Crippen molar-refractivity contribution in [2.45, 2.75) is 32.0 Å². The highest BCUT2D eigenvalue weighted by Crippen LogP contribution is 2.20. The average molecular weight is 320 g/mol. The van der Waals surface area contributed by atoms with Crippen LogP contribution < -0.4 is 10.1 Å². The molecule has 0 fully saturated rings. The molecule has 6 nitrogen and oxygen atoms in total. The molecule has 0 bridgehead atoms. The summed E-state index contributed by atoms with van der Waals surface area (Å²) in [4.78, 5) is 12.0. The van der Waals surface area contributed by atoms with Gasteiger partial charge in [0.05, 0.1) is 12.4 Å². The molecular weight excluding hydrogens is 300 g/mol. The topological polar surface area (TPSA) is 69.0 Å². The lowest BCUT2D eigenvalue weighted by atomic mass is 10.3. The molecule has 1 heterocycles. The Balaban J connectivity index is 1.86. The molecule has 2 aromatic rings. The van der Waals surface area contributed by atoms with Crippen LogP contribution in [0.1, 0.15) is 26.8 Å². The van der Waals surface area contributed by atoms with Gasteiger partial charge in [-0.15, -0.1) is 10.2 Å². The molecule has 1 N–H and O–H groups in total. The molecule has 118 valence electrons. The normalized spacial score (nSPS) is 10.7. The maximum atomic E-state index is 12.0. The van der Waals surface area contributed by atoms with E-state index in [1.807, 2.05) is 49.6 Å². The van der Waals surface area contributed by atoms with Crippen LogP contribution in [-0.4, -0.2) is 33.0 Å². The number of hydrogen-bond donors (Lipinski definition) is 1. The standard InChI is InChI=1S/C15H20N4O2S/c1-4-21-13-7-5-12(6-8-13)17-14(20)9-22-15-18-16-10-19(15)11(2)3/h5-8,10-11H,4,9H2,1-3H3,(H,17,20). The fraction of sp³-hybridized carbons (Fsp3) is 0.400. The van der Waals surface area contributed by atoms with Crippen molar-refractivity contribution in [1.82, 2.24) is 14.8 Å². The third-order valence-corrected chi connectivity index (χ3v) is 3.84. The van der Waals surface area contributed by atoms with Crippen LogP contribution in [0.4, 0.5) is 5.69 Å². The summed E-state index contributed by atoms with van der Waals surface area (Å²) >= 11 is 1.37. The monoisotopic (exact) mass is 320 g/mol. The Kier molecular flexibility index (Phi) is 5.83. The molecule has 22 heavy (non-hydrogen) atoms. The fourth-order valence-electron chi connectivity index (χ4n) is 1.82. The van der Waals surface area contributed by atoms with Crippen molar-refractivity contribution in [3.63, 3.8) is 0 Å². The second kappa shape index (κ2) is 7.84. The number of ether oxygens (including phenoxy) is 1. The van der Waals surface area contributed by atoms with Gasteiger partial charge in [0.15, 0.2) is 5.16 Å². The summed E-state index contributed by atoms with van der Waals surface area (Å²) in [6, 6.07) is 7.59. The maximum absolute atomic E-state index is 12.0. The second-order valence-electron chi connectivity index (χ2n) is 4.91. The SMILES string of the molecule is CCOc1ccc(NC(=O)CSc2nncn2C(C)C)cc1. The van der Waals surface area contributed by atoms with E-state index in [0.29, 0.717) is 12.4 Å². The number of benzene rings is 1. The van der Waals surface area contributed by atoms with E-state index in [1.54, 1.807) is 6.33 Å². The summed E-state index contributed by atoms with van der Waals surface area (Å²) in [6.07, 6.45) is 1.68. The largest absolute Gasteiger partial charge is 0.494 e. The van der Waals surface area contributed by atoms with E-state index in [9.17, 15) is 4.79 Å². The van der Waals surface area contributed by atoms with Crippen molar-refractivity contribution in [2.24, 2.45) is 0 Å². The van der Waals surface area contributed by atoms with Gasteiger partial charge in [-0.2, -0.15) is 0 Å². The minimum absolute atomic E-state index is 0.0764. The Morgan fingerprint density at radius 2 is 2.09 bits per heavy atom. The molecule has 1 aromatic heterocycles. The van der Waals surface area contributed by atoms with Gasteiger partial charge in [0.1, 0.15) is 12.1 Å². The molecule has 0 aliphatic heterocycles. The third-order valence-electron chi connectivity index (χ3n) is 2.88. The smallest absolute Gasteiger partial charge is 0.234 e. The highest BCUT2D eigenvalue weighted by Gasteiger charge is 2.10. The zero-order valence-corrected chi connectivity index (χ0v) is 13.8. The van der Waals surface area contributed by atoms with Gasteiger partial charge < -0.3 is 14.6 Å². The number of hydrogen-bond acceptors (Lipinski definition) is 5. The highest BCUT2D eigenvalue weighted by atomic mass is 32.2. The predicted molar refractivity (Wildman–Crippen MR) is 87.4 cm³/mol. The second-order valence-corrected chi connectivity index (χ2v) is 5.85. The first-order chi connectivity index (χ1) is 10.6. The molecule has 2 rings (SSSR count). The molecule has 0 radical (unpaired) electrons. The van der Waals surface area contributed by atoms with Crippen LogP contribution in [0.3, 0.4) is 0 Å². The lowest BCUT2D eigenvalue weighted by Gasteiger charge is -2.09. The van der Waals surface area contributed by atoms with Gasteiger partial charge in [-0.25, -0.2) is 0 Å². The Morgan fingerprint density at radius 3 is 2.73 bits per heavy atom. The van der Waals surface area contributed by atoms with Gasteiger partial charge in [0.25, 0.3) is 0 Å². The summed E-state index contributed by atoms with van der Waals surface area (Å²) in [5.74, 6) is 1.01. The molecule has 7 heteroatoms. The number of carbonyl (C=O) groups excluding carboxylic acids is 1. The third kappa shape index (κ3) is 4.49. The van der Waals surface area contributed by atoms with Gasteiger partial charge in [0, 0.05) is 11.7 Å². The van der Waals surface area contributed by atoms with Crippen LogP contribution in [0, 0.1) is 0 Å². The van der Waals surface area contributed by atoms with E-state index in [0.717, 1.165) is 16.6 Å². The van der Waals surface area contributed by atoms with Crippen molar-refractivity contribution >= 4 is 23.4 Å². The predicted octanol–water partition coefficient (Wildman–Crippen LogP) is 2.99. The van der Waals surface area contributed by atoms with Crippen molar-refractivity contribution in [3.8, 4) is 5.75 Å². The Hall–Kier alpha value is -2.02. The lowest BCUT2D eigenvalue weighted by molar-refractivity contribution is -0.113. The van der Waals surface area contributed by atoms with Crippen molar-refractivity contribution < 1.29 is 9.53 Å². The number of nitrogens with zero attached hydrogens (tertiary/aromatic N) is 3. The van der Waals surface area contributed by atoms with Gasteiger partial charge in [0.2, 0.25) is 5.91 Å². The molecule has 0 atom stereocenters. The summed E-state index contributed by atoms with van der Waals surface area (Å²) < 4.78 is 7.30. The molecule has 0 aliphatic carbocycles. The number of carbonyl (C=O) groups is 1. The van der Waals surface area contributed by atoms with Crippen LogP contribution in [0.15, 0.2) is 35.7 Å². The molecule has 0 aliphatic rings. The molecule has 0 saturated heterocycles. The first-order valence-electron chi connectivity index (χ1n) is 7.15. The Bertz CT molecular complexity index is 610. The molecular formula is C15H20N4O2S. The van der Waals surface area contributed by atoms with E-state index in [-0.39, 0.29) is 11.9 Å². The minimum atomic E-state index is -0.0764. The van der Waals surface area contributed by atoms with Gasteiger partial charge in [-0.05, 0) is 45.0 Å². The number of aromatic nitrogens is 3. The van der Waals surface area contributed by atoms with Crippen molar-refractivity contribution in [3.05, 3.63) is 30.6 Å². The van der Waals surface area contributed by atoms with E-state index in [2.05, 4.69) is 15.5 Å². The molecule has 0 saturated carbocycles. The van der Waals surface area contributed by atoms with Crippen molar-refractivity contribution in [1.29, 1.82) is 0 Å². The number of thioether (sulfide) groups is 1. The number of amides is 1. The summed E-state index contributed by atoms with van der Waals surface area (Å²) in [7, 11) is 0. The average Bonchev–Trinajstić information content (AvgIpc) is 2.96. The molecule has 1 aromatic carbocycles. The summed E-state index contributed by atoms with van der Waals surface area (Å²) in [5.41, 5.74) is 0.749. The van der Waals surface area contributed by atoms with Crippen LogP contribution in [0.2, 0.25) is 0 Å². The van der Waals surface area contributed by atoms with Gasteiger partial charge in [-0.1, -0.05) is 11.8 Å². The quantitative estimate of drug-likeness (QED) is 0.794. The molecule has 1 amide bonds. The highest BCUT2D eigenvalue weighted by molar-refractivity contribution is 7.99. The number of nitrogens with one attached hydrogen (secondary N) is 1.